The van der Waals surface area contributed by atoms with Crippen LogP contribution in [-0.2, 0) is 14.8 Å². The minimum atomic E-state index is -3.22. The molecule has 0 aliphatic carbocycles. The predicted molar refractivity (Wildman–Crippen MR) is 70.5 cm³/mol. The number of carbonyl (C=O) groups excluding carboxylic acids is 1. The highest BCUT2D eigenvalue weighted by Crippen LogP contribution is 2.14. The van der Waals surface area contributed by atoms with Gasteiger partial charge in [-0.3, -0.25) is 4.79 Å². The van der Waals surface area contributed by atoms with Gasteiger partial charge in [0.15, 0.2) is 0 Å². The summed E-state index contributed by atoms with van der Waals surface area (Å²) in [6.45, 7) is 8.16. The van der Waals surface area contributed by atoms with Gasteiger partial charge in [-0.2, -0.15) is 4.31 Å². The fourth-order valence-electron chi connectivity index (χ4n) is 1.85. The van der Waals surface area contributed by atoms with Crippen molar-refractivity contribution in [2.75, 3.05) is 26.2 Å². The van der Waals surface area contributed by atoms with Crippen LogP contribution in [0.4, 0.5) is 0 Å². The van der Waals surface area contributed by atoms with Gasteiger partial charge in [-0.1, -0.05) is 0 Å². The molecule has 0 aromatic rings. The first-order valence-electron chi connectivity index (χ1n) is 6.14. The second-order valence-electron chi connectivity index (χ2n) is 5.51. The van der Waals surface area contributed by atoms with E-state index in [1.807, 2.05) is 0 Å². The molecule has 1 saturated heterocycles. The summed E-state index contributed by atoms with van der Waals surface area (Å²) in [5, 5.41) is -0.425. The smallest absolute Gasteiger partial charge is 0.242 e. The van der Waals surface area contributed by atoms with Crippen molar-refractivity contribution in [3.8, 4) is 0 Å². The summed E-state index contributed by atoms with van der Waals surface area (Å²) in [4.78, 5) is 13.6. The number of carbonyl (C=O) groups is 1. The predicted octanol–water partition coefficient (Wildman–Crippen LogP) is -0.394. The molecule has 1 aliphatic rings. The molecule has 0 radical (unpaired) electrons. The summed E-state index contributed by atoms with van der Waals surface area (Å²) in [6.07, 6.45) is 0. The van der Waals surface area contributed by atoms with Crippen molar-refractivity contribution >= 4 is 15.9 Å². The Morgan fingerprint density at radius 1 is 1.17 bits per heavy atom. The Morgan fingerprint density at radius 3 is 1.94 bits per heavy atom. The van der Waals surface area contributed by atoms with E-state index in [4.69, 9.17) is 5.73 Å². The Morgan fingerprint density at radius 2 is 1.61 bits per heavy atom. The molecule has 1 fully saturated rings. The largest absolute Gasteiger partial charge is 0.338 e. The van der Waals surface area contributed by atoms with E-state index in [-0.39, 0.29) is 5.91 Å². The molecule has 18 heavy (non-hydrogen) atoms. The lowest BCUT2D eigenvalue weighted by Gasteiger charge is -2.37. The molecule has 1 aliphatic heterocycles. The highest BCUT2D eigenvalue weighted by molar-refractivity contribution is 7.89. The fourth-order valence-corrected chi connectivity index (χ4v) is 3.12. The molecule has 1 amide bonds. The van der Waals surface area contributed by atoms with Crippen LogP contribution in [0.1, 0.15) is 27.7 Å². The highest BCUT2D eigenvalue weighted by atomic mass is 32.2. The Hall–Kier alpha value is -0.660. The SMILES string of the molecule is CC(C)S(=O)(=O)N1CCN(C(=O)C(C)(C)N)CC1. The van der Waals surface area contributed by atoms with Crippen molar-refractivity contribution in [2.24, 2.45) is 5.73 Å². The van der Waals surface area contributed by atoms with Gasteiger partial charge in [0.1, 0.15) is 0 Å². The molecular weight excluding hydrogens is 254 g/mol. The molecular formula is C11H23N3O3S. The minimum Gasteiger partial charge on any atom is -0.338 e. The molecule has 0 saturated carbocycles. The molecule has 0 aromatic heterocycles. The average Bonchev–Trinajstić information content (AvgIpc) is 2.26. The molecule has 0 atom stereocenters. The van der Waals surface area contributed by atoms with E-state index in [2.05, 4.69) is 0 Å². The quantitative estimate of drug-likeness (QED) is 0.761. The van der Waals surface area contributed by atoms with Gasteiger partial charge in [-0.15, -0.1) is 0 Å². The third kappa shape index (κ3) is 3.21. The van der Waals surface area contributed by atoms with Crippen LogP contribution in [0, 0.1) is 0 Å². The monoisotopic (exact) mass is 277 g/mol. The van der Waals surface area contributed by atoms with E-state index in [1.165, 1.54) is 4.31 Å². The number of piperazine rings is 1. The van der Waals surface area contributed by atoms with Gasteiger partial charge >= 0.3 is 0 Å². The van der Waals surface area contributed by atoms with E-state index in [0.717, 1.165) is 0 Å². The second-order valence-corrected chi connectivity index (χ2v) is 8.00. The van der Waals surface area contributed by atoms with E-state index in [9.17, 15) is 13.2 Å². The second kappa shape index (κ2) is 5.14. The van der Waals surface area contributed by atoms with E-state index in [1.54, 1.807) is 32.6 Å². The maximum atomic E-state index is 12.0. The Kier molecular flexibility index (Phi) is 4.40. The van der Waals surface area contributed by atoms with E-state index in [0.29, 0.717) is 26.2 Å². The summed E-state index contributed by atoms with van der Waals surface area (Å²) in [7, 11) is -3.22. The standard InChI is InChI=1S/C11H23N3O3S/c1-9(2)18(16,17)14-7-5-13(6-8-14)10(15)11(3,4)12/h9H,5-8,12H2,1-4H3. The van der Waals surface area contributed by atoms with Crippen LogP contribution in [0.5, 0.6) is 0 Å². The van der Waals surface area contributed by atoms with E-state index < -0.39 is 20.8 Å². The van der Waals surface area contributed by atoms with Crippen LogP contribution in [0.2, 0.25) is 0 Å². The Bertz CT molecular complexity index is 404. The molecule has 0 spiro atoms. The van der Waals surface area contributed by atoms with Gasteiger partial charge in [0.05, 0.1) is 10.8 Å². The van der Waals surface area contributed by atoms with Crippen molar-refractivity contribution in [1.29, 1.82) is 0 Å². The molecule has 0 aromatic carbocycles. The lowest BCUT2D eigenvalue weighted by molar-refractivity contribution is -0.137. The third-order valence-corrected chi connectivity index (χ3v) is 5.31. The van der Waals surface area contributed by atoms with Crippen LogP contribution in [0.3, 0.4) is 0 Å². The fraction of sp³-hybridized carbons (Fsp3) is 0.909. The maximum absolute atomic E-state index is 12.0. The zero-order valence-electron chi connectivity index (χ0n) is 11.5. The molecule has 0 unspecified atom stereocenters. The molecule has 7 heteroatoms. The van der Waals surface area contributed by atoms with Crippen LogP contribution in [-0.4, -0.2) is 60.5 Å². The molecule has 106 valence electrons. The van der Waals surface area contributed by atoms with Crippen molar-refractivity contribution in [1.82, 2.24) is 9.21 Å². The lowest BCUT2D eigenvalue weighted by Crippen LogP contribution is -2.58. The van der Waals surface area contributed by atoms with Gasteiger partial charge in [0.2, 0.25) is 15.9 Å². The zero-order chi connectivity index (χ0) is 14.1. The van der Waals surface area contributed by atoms with Crippen molar-refractivity contribution in [3.05, 3.63) is 0 Å². The van der Waals surface area contributed by atoms with Crippen LogP contribution in [0.15, 0.2) is 0 Å². The number of nitrogens with zero attached hydrogens (tertiary/aromatic N) is 2. The minimum absolute atomic E-state index is 0.135. The van der Waals surface area contributed by atoms with Gasteiger partial charge in [0, 0.05) is 26.2 Å². The summed E-state index contributed by atoms with van der Waals surface area (Å²) >= 11 is 0. The summed E-state index contributed by atoms with van der Waals surface area (Å²) in [6, 6.07) is 0. The molecule has 1 heterocycles. The first kappa shape index (κ1) is 15.4. The van der Waals surface area contributed by atoms with Crippen LogP contribution in [0.25, 0.3) is 0 Å². The van der Waals surface area contributed by atoms with Gasteiger partial charge in [-0.05, 0) is 27.7 Å². The molecule has 1 rings (SSSR count). The van der Waals surface area contributed by atoms with Gasteiger partial charge < -0.3 is 10.6 Å². The molecule has 6 nitrogen and oxygen atoms in total. The van der Waals surface area contributed by atoms with Crippen molar-refractivity contribution in [3.63, 3.8) is 0 Å². The van der Waals surface area contributed by atoms with E-state index >= 15 is 0 Å². The van der Waals surface area contributed by atoms with Crippen molar-refractivity contribution in [2.45, 2.75) is 38.5 Å². The lowest BCUT2D eigenvalue weighted by atomic mass is 10.1. The Balaban J connectivity index is 2.65. The maximum Gasteiger partial charge on any atom is 0.242 e. The van der Waals surface area contributed by atoms with Gasteiger partial charge in [-0.25, -0.2) is 8.42 Å². The number of hydrogen-bond donors (Lipinski definition) is 1. The Labute approximate surface area is 109 Å². The summed E-state index contributed by atoms with van der Waals surface area (Å²) in [5.41, 5.74) is 4.85. The number of hydrogen-bond acceptors (Lipinski definition) is 4. The molecule has 0 bridgehead atoms. The zero-order valence-corrected chi connectivity index (χ0v) is 12.3. The average molecular weight is 277 g/mol. The molecule has 2 N–H and O–H groups in total. The van der Waals surface area contributed by atoms with Gasteiger partial charge in [0.25, 0.3) is 0 Å². The van der Waals surface area contributed by atoms with Crippen LogP contribution >= 0.6 is 0 Å². The third-order valence-electron chi connectivity index (χ3n) is 3.03. The highest BCUT2D eigenvalue weighted by Gasteiger charge is 2.34. The number of nitrogens with two attached hydrogens (primary N) is 1. The number of sulfonamides is 1. The van der Waals surface area contributed by atoms with Crippen LogP contribution < -0.4 is 5.73 Å². The topological polar surface area (TPSA) is 83.7 Å². The summed E-state index contributed by atoms with van der Waals surface area (Å²) in [5.74, 6) is -0.135. The summed E-state index contributed by atoms with van der Waals surface area (Å²) < 4.78 is 25.4. The number of rotatable bonds is 3. The number of amides is 1. The first-order valence-corrected chi connectivity index (χ1v) is 7.64. The van der Waals surface area contributed by atoms with Crippen molar-refractivity contribution < 1.29 is 13.2 Å². The first-order chi connectivity index (χ1) is 8.06. The normalized spacial score (nSPS) is 19.3.